The number of benzene rings is 1. The van der Waals surface area contributed by atoms with Crippen LogP contribution in [0.1, 0.15) is 44.0 Å². The summed E-state index contributed by atoms with van der Waals surface area (Å²) >= 11 is 0. The largest absolute Gasteiger partial charge is 0.456 e. The Bertz CT molecular complexity index is 500. The van der Waals surface area contributed by atoms with E-state index in [1.54, 1.807) is 6.07 Å². The number of piperidine rings is 1. The highest BCUT2D eigenvalue weighted by molar-refractivity contribution is 5.90. The summed E-state index contributed by atoms with van der Waals surface area (Å²) in [6.07, 6.45) is 2.46. The molecule has 0 unspecified atom stereocenters. The Morgan fingerprint density at radius 1 is 1.32 bits per heavy atom. The minimum atomic E-state index is -0.464. The number of hydrogen-bond donors (Lipinski definition) is 1. The molecule has 0 atom stereocenters. The average molecular weight is 304 g/mol. The van der Waals surface area contributed by atoms with Crippen LogP contribution in [0.25, 0.3) is 0 Å². The molecule has 0 aromatic heterocycles. The molecule has 1 aliphatic rings. The molecule has 1 aliphatic heterocycles. The number of esters is 1. The lowest BCUT2D eigenvalue weighted by Gasteiger charge is -2.29. The molecule has 22 heavy (non-hydrogen) atoms. The Kier molecular flexibility index (Phi) is 5.46. The summed E-state index contributed by atoms with van der Waals surface area (Å²) in [6, 6.07) is 7.58. The maximum atomic E-state index is 12.1. The fourth-order valence-electron chi connectivity index (χ4n) is 2.62. The second-order valence-corrected chi connectivity index (χ2v) is 7.21. The van der Waals surface area contributed by atoms with Crippen LogP contribution < -0.4 is 5.32 Å². The van der Waals surface area contributed by atoms with Gasteiger partial charge >= 0.3 is 5.97 Å². The van der Waals surface area contributed by atoms with E-state index in [0.717, 1.165) is 12.2 Å². The van der Waals surface area contributed by atoms with E-state index in [0.29, 0.717) is 11.5 Å². The Morgan fingerprint density at radius 3 is 2.64 bits per heavy atom. The maximum absolute atomic E-state index is 12.1. The Labute approximate surface area is 133 Å². The normalized spacial score (nSPS) is 17.3. The van der Waals surface area contributed by atoms with Crippen LogP contribution in [0, 0.1) is 5.92 Å². The first-order valence-corrected chi connectivity index (χ1v) is 8.09. The molecule has 1 aromatic carbocycles. The molecule has 1 heterocycles. The summed E-state index contributed by atoms with van der Waals surface area (Å²) in [7, 11) is 2.17. The van der Waals surface area contributed by atoms with Crippen LogP contribution in [0.2, 0.25) is 0 Å². The van der Waals surface area contributed by atoms with Crippen molar-refractivity contribution in [2.75, 3.05) is 32.0 Å². The van der Waals surface area contributed by atoms with Gasteiger partial charge in [-0.25, -0.2) is 4.79 Å². The first-order chi connectivity index (χ1) is 10.3. The minimum absolute atomic E-state index is 0.268. The van der Waals surface area contributed by atoms with Crippen LogP contribution in [0.15, 0.2) is 24.3 Å². The van der Waals surface area contributed by atoms with Crippen molar-refractivity contribution < 1.29 is 9.53 Å². The topological polar surface area (TPSA) is 41.6 Å². The molecule has 0 saturated carbocycles. The Hall–Kier alpha value is -1.55. The van der Waals surface area contributed by atoms with Crippen molar-refractivity contribution in [1.29, 1.82) is 0 Å². The zero-order chi connectivity index (χ0) is 16.2. The lowest BCUT2D eigenvalue weighted by atomic mass is 9.97. The molecule has 122 valence electrons. The zero-order valence-corrected chi connectivity index (χ0v) is 14.2. The first-order valence-electron chi connectivity index (χ1n) is 8.09. The summed E-state index contributed by atoms with van der Waals surface area (Å²) in [5.74, 6) is 0.442. The molecular formula is C18H28N2O2. The molecule has 1 saturated heterocycles. The van der Waals surface area contributed by atoms with Gasteiger partial charge in [-0.3, -0.25) is 0 Å². The molecule has 1 aromatic rings. The van der Waals surface area contributed by atoms with Crippen LogP contribution in [-0.4, -0.2) is 43.2 Å². The van der Waals surface area contributed by atoms with E-state index in [1.807, 2.05) is 39.0 Å². The molecule has 2 rings (SSSR count). The van der Waals surface area contributed by atoms with Crippen molar-refractivity contribution in [2.45, 2.75) is 39.2 Å². The van der Waals surface area contributed by atoms with Gasteiger partial charge in [-0.15, -0.1) is 0 Å². The predicted octanol–water partition coefficient (Wildman–Crippen LogP) is 3.40. The smallest absolute Gasteiger partial charge is 0.338 e. The number of carbonyl (C=O) groups is 1. The summed E-state index contributed by atoms with van der Waals surface area (Å²) in [5, 5.41) is 3.46. The Balaban J connectivity index is 1.90. The number of nitrogens with one attached hydrogen (secondary N) is 1. The first kappa shape index (κ1) is 16.8. The fraction of sp³-hybridized carbons (Fsp3) is 0.611. The van der Waals surface area contributed by atoms with E-state index in [1.165, 1.54) is 25.9 Å². The lowest BCUT2D eigenvalue weighted by molar-refractivity contribution is 0.00696. The van der Waals surface area contributed by atoms with Crippen LogP contribution in [-0.2, 0) is 4.74 Å². The highest BCUT2D eigenvalue weighted by Crippen LogP contribution is 2.19. The van der Waals surface area contributed by atoms with Crippen molar-refractivity contribution in [3.63, 3.8) is 0 Å². The highest BCUT2D eigenvalue weighted by Gasteiger charge is 2.19. The van der Waals surface area contributed by atoms with Crippen LogP contribution in [0.4, 0.5) is 5.69 Å². The summed E-state index contributed by atoms with van der Waals surface area (Å²) in [6.45, 7) is 8.95. The van der Waals surface area contributed by atoms with Gasteiger partial charge in [0.25, 0.3) is 0 Å². The Morgan fingerprint density at radius 2 is 2.00 bits per heavy atom. The summed E-state index contributed by atoms with van der Waals surface area (Å²) in [4.78, 5) is 14.5. The SMILES string of the molecule is CN1CCC(CNc2cccc(C(=O)OC(C)(C)C)c2)CC1. The van der Waals surface area contributed by atoms with Crippen molar-refractivity contribution in [3.05, 3.63) is 29.8 Å². The molecule has 0 amide bonds. The van der Waals surface area contributed by atoms with Gasteiger partial charge in [-0.1, -0.05) is 6.07 Å². The summed E-state index contributed by atoms with van der Waals surface area (Å²) in [5.41, 5.74) is 1.12. The van der Waals surface area contributed by atoms with E-state index in [2.05, 4.69) is 17.3 Å². The minimum Gasteiger partial charge on any atom is -0.456 e. The number of anilines is 1. The van der Waals surface area contributed by atoms with E-state index in [-0.39, 0.29) is 5.97 Å². The third-order valence-corrected chi connectivity index (χ3v) is 3.93. The molecule has 0 spiro atoms. The number of likely N-dealkylation sites (tertiary alicyclic amines) is 1. The average Bonchev–Trinajstić information content (AvgIpc) is 2.45. The van der Waals surface area contributed by atoms with Crippen LogP contribution in [0.5, 0.6) is 0 Å². The van der Waals surface area contributed by atoms with Crippen molar-refractivity contribution in [3.8, 4) is 0 Å². The van der Waals surface area contributed by atoms with E-state index < -0.39 is 5.60 Å². The quantitative estimate of drug-likeness (QED) is 0.866. The van der Waals surface area contributed by atoms with Gasteiger partial charge in [0.15, 0.2) is 0 Å². The van der Waals surface area contributed by atoms with Crippen LogP contribution in [0.3, 0.4) is 0 Å². The third-order valence-electron chi connectivity index (χ3n) is 3.93. The van der Waals surface area contributed by atoms with Gasteiger partial charge in [-0.05, 0) is 77.9 Å². The van der Waals surface area contributed by atoms with Gasteiger partial charge in [0.2, 0.25) is 0 Å². The van der Waals surface area contributed by atoms with Crippen molar-refractivity contribution >= 4 is 11.7 Å². The molecule has 1 fully saturated rings. The number of rotatable bonds is 4. The molecule has 4 nitrogen and oxygen atoms in total. The van der Waals surface area contributed by atoms with Crippen LogP contribution >= 0.6 is 0 Å². The second kappa shape index (κ2) is 7.14. The molecule has 4 heteroatoms. The van der Waals surface area contributed by atoms with Gasteiger partial charge in [0, 0.05) is 12.2 Å². The lowest BCUT2D eigenvalue weighted by Crippen LogP contribution is -2.32. The number of carbonyl (C=O) groups excluding carboxylic acids is 1. The maximum Gasteiger partial charge on any atom is 0.338 e. The molecular weight excluding hydrogens is 276 g/mol. The molecule has 1 N–H and O–H groups in total. The van der Waals surface area contributed by atoms with Crippen molar-refractivity contribution in [2.24, 2.45) is 5.92 Å². The zero-order valence-electron chi connectivity index (χ0n) is 14.2. The fourth-order valence-corrected chi connectivity index (χ4v) is 2.62. The molecule has 0 radical (unpaired) electrons. The van der Waals surface area contributed by atoms with E-state index in [9.17, 15) is 4.79 Å². The second-order valence-electron chi connectivity index (χ2n) is 7.21. The van der Waals surface area contributed by atoms with Crippen molar-refractivity contribution in [1.82, 2.24) is 4.90 Å². The molecule has 0 bridgehead atoms. The standard InChI is InChI=1S/C18H28N2O2/c1-18(2,3)22-17(21)15-6-5-7-16(12-15)19-13-14-8-10-20(4)11-9-14/h5-7,12,14,19H,8-11,13H2,1-4H3. The van der Waals surface area contributed by atoms with E-state index in [4.69, 9.17) is 4.74 Å². The van der Waals surface area contributed by atoms with E-state index >= 15 is 0 Å². The number of nitrogens with zero attached hydrogens (tertiary/aromatic N) is 1. The molecule has 0 aliphatic carbocycles. The van der Waals surface area contributed by atoms with Gasteiger partial charge in [0.05, 0.1) is 5.56 Å². The van der Waals surface area contributed by atoms with Gasteiger partial charge in [-0.2, -0.15) is 0 Å². The monoisotopic (exact) mass is 304 g/mol. The van der Waals surface area contributed by atoms with Gasteiger partial charge in [0.1, 0.15) is 5.60 Å². The third kappa shape index (κ3) is 5.34. The summed E-state index contributed by atoms with van der Waals surface area (Å²) < 4.78 is 5.41. The highest BCUT2D eigenvalue weighted by atomic mass is 16.6. The number of hydrogen-bond acceptors (Lipinski definition) is 4. The predicted molar refractivity (Wildman–Crippen MR) is 90.3 cm³/mol. The van der Waals surface area contributed by atoms with Gasteiger partial charge < -0.3 is 15.0 Å². The number of ether oxygens (including phenoxy) is 1.